The molecule has 0 spiro atoms. The average Bonchev–Trinajstić information content (AvgIpc) is 3.53. The minimum atomic E-state index is -0.590. The molecule has 0 aliphatic rings. The minimum absolute atomic E-state index is 0.0387. The number of aryl methyl sites for hydroxylation is 2. The van der Waals surface area contributed by atoms with Gasteiger partial charge < -0.3 is 18.5 Å². The van der Waals surface area contributed by atoms with Crippen LogP contribution in [0.2, 0.25) is 0 Å². The Morgan fingerprint density at radius 1 is 1.08 bits per heavy atom. The Labute approximate surface area is 219 Å². The van der Waals surface area contributed by atoms with Gasteiger partial charge in [-0.3, -0.25) is 14.9 Å². The minimum Gasteiger partial charge on any atom is -0.489 e. The number of aromatic nitrogens is 1. The van der Waals surface area contributed by atoms with E-state index in [-0.39, 0.29) is 24.7 Å². The van der Waals surface area contributed by atoms with Gasteiger partial charge in [0, 0.05) is 34.8 Å². The molecule has 4 rings (SSSR count). The molecule has 2 heterocycles. The summed E-state index contributed by atoms with van der Waals surface area (Å²) in [6.07, 6.45) is 2.81. The Kier molecular flexibility index (Phi) is 8.02. The summed E-state index contributed by atoms with van der Waals surface area (Å²) in [5, 5.41) is 15.0. The van der Waals surface area contributed by atoms with Crippen LogP contribution < -0.4 is 14.9 Å². The second-order valence-corrected chi connectivity index (χ2v) is 8.28. The molecule has 1 amide bonds. The predicted molar refractivity (Wildman–Crippen MR) is 142 cm³/mol. The lowest BCUT2D eigenvalue weighted by atomic mass is 10.2. The largest absolute Gasteiger partial charge is 0.489 e. The topological polar surface area (TPSA) is 121 Å². The van der Waals surface area contributed by atoms with Crippen molar-refractivity contribution in [1.29, 1.82) is 0 Å². The normalized spacial score (nSPS) is 10.9. The molecule has 2 aromatic carbocycles. The van der Waals surface area contributed by atoms with Gasteiger partial charge in [0.05, 0.1) is 11.1 Å². The number of nitrogens with one attached hydrogen (secondary N) is 1. The van der Waals surface area contributed by atoms with E-state index in [2.05, 4.69) is 47.7 Å². The van der Waals surface area contributed by atoms with Crippen LogP contribution in [0.1, 0.15) is 33.3 Å². The molecule has 10 nitrogen and oxygen atoms in total. The van der Waals surface area contributed by atoms with Crippen molar-refractivity contribution < 1.29 is 23.6 Å². The lowest BCUT2D eigenvalue weighted by Gasteiger charge is -2.10. The highest BCUT2D eigenvalue weighted by atomic mass is 16.6. The molecule has 0 fully saturated rings. The number of furan rings is 1. The van der Waals surface area contributed by atoms with Gasteiger partial charge in [-0.25, -0.2) is 5.43 Å². The number of carbonyl (C=O) groups excluding carboxylic acids is 1. The standard InChI is InChI=1S/C28H26N4O6/c1-4-15-36-26-13-9-23(32(34)35)16-21(26)17-29-30-28(33)27-14-12-25(38-27)18-37-24-10-7-22(8-11-24)31-19(2)5-6-20(31)3/h4-14,16-17H,1,15,18H2,2-3H3,(H,30,33)/b29-17+. The molecule has 0 bridgehead atoms. The van der Waals surface area contributed by atoms with Crippen molar-refractivity contribution in [3.8, 4) is 17.2 Å². The summed E-state index contributed by atoms with van der Waals surface area (Å²) in [5.41, 5.74) is 5.86. The lowest BCUT2D eigenvalue weighted by Crippen LogP contribution is -2.17. The number of hydrogen-bond acceptors (Lipinski definition) is 7. The molecule has 0 unspecified atom stereocenters. The molecule has 0 atom stereocenters. The van der Waals surface area contributed by atoms with Crippen LogP contribution >= 0.6 is 0 Å². The number of carbonyl (C=O) groups is 1. The van der Waals surface area contributed by atoms with Crippen molar-refractivity contribution in [3.63, 3.8) is 0 Å². The van der Waals surface area contributed by atoms with Crippen molar-refractivity contribution in [2.45, 2.75) is 20.5 Å². The summed E-state index contributed by atoms with van der Waals surface area (Å²) >= 11 is 0. The van der Waals surface area contributed by atoms with Crippen LogP contribution in [-0.4, -0.2) is 28.2 Å². The van der Waals surface area contributed by atoms with Gasteiger partial charge in [0.25, 0.3) is 5.69 Å². The van der Waals surface area contributed by atoms with Crippen molar-refractivity contribution in [2.75, 3.05) is 6.61 Å². The van der Waals surface area contributed by atoms with Crippen LogP contribution in [0.5, 0.6) is 11.5 Å². The van der Waals surface area contributed by atoms with E-state index in [0.29, 0.717) is 22.8 Å². The molecule has 0 radical (unpaired) electrons. The molecule has 0 aliphatic carbocycles. The highest BCUT2D eigenvalue weighted by molar-refractivity contribution is 5.93. The second kappa shape index (κ2) is 11.7. The molecule has 0 saturated heterocycles. The predicted octanol–water partition coefficient (Wildman–Crippen LogP) is 5.50. The molecular formula is C28H26N4O6. The van der Waals surface area contributed by atoms with E-state index in [9.17, 15) is 14.9 Å². The SMILES string of the molecule is C=CCOc1ccc([N+](=O)[O-])cc1/C=N/NC(=O)c1ccc(COc2ccc(-n3c(C)ccc3C)cc2)o1. The third kappa shape index (κ3) is 6.16. The summed E-state index contributed by atoms with van der Waals surface area (Å²) in [4.78, 5) is 23.0. The van der Waals surface area contributed by atoms with Gasteiger partial charge >= 0.3 is 5.91 Å². The first-order valence-corrected chi connectivity index (χ1v) is 11.7. The van der Waals surface area contributed by atoms with Crippen molar-refractivity contribution >= 4 is 17.8 Å². The molecule has 1 N–H and O–H groups in total. The summed E-state index contributed by atoms with van der Waals surface area (Å²) < 4.78 is 19.0. The third-order valence-corrected chi connectivity index (χ3v) is 5.56. The number of nitro groups is 1. The number of benzene rings is 2. The zero-order chi connectivity index (χ0) is 27.1. The van der Waals surface area contributed by atoms with Crippen LogP contribution in [0.25, 0.3) is 5.69 Å². The van der Waals surface area contributed by atoms with Gasteiger partial charge in [0.2, 0.25) is 0 Å². The quantitative estimate of drug-likeness (QED) is 0.122. The highest BCUT2D eigenvalue weighted by Crippen LogP contribution is 2.23. The maximum absolute atomic E-state index is 12.4. The van der Waals surface area contributed by atoms with Crippen molar-refractivity contribution in [3.05, 3.63) is 118 Å². The molecule has 0 saturated carbocycles. The van der Waals surface area contributed by atoms with Crippen LogP contribution in [0.4, 0.5) is 5.69 Å². The number of ether oxygens (including phenoxy) is 2. The number of hydrazone groups is 1. The van der Waals surface area contributed by atoms with Gasteiger partial charge in [0.1, 0.15) is 30.5 Å². The lowest BCUT2D eigenvalue weighted by molar-refractivity contribution is -0.384. The monoisotopic (exact) mass is 514 g/mol. The van der Waals surface area contributed by atoms with Crippen LogP contribution in [-0.2, 0) is 6.61 Å². The average molecular weight is 515 g/mol. The van der Waals surface area contributed by atoms with Crippen LogP contribution in [0, 0.1) is 24.0 Å². The molecule has 38 heavy (non-hydrogen) atoms. The third-order valence-electron chi connectivity index (χ3n) is 5.56. The maximum atomic E-state index is 12.4. The van der Waals surface area contributed by atoms with Crippen molar-refractivity contribution in [1.82, 2.24) is 9.99 Å². The van der Waals surface area contributed by atoms with E-state index in [1.54, 1.807) is 12.1 Å². The summed E-state index contributed by atoms with van der Waals surface area (Å²) in [6, 6.07) is 19.1. The Bertz CT molecular complexity index is 1460. The van der Waals surface area contributed by atoms with Gasteiger partial charge in [-0.05, 0) is 68.4 Å². The number of amides is 1. The molecule has 4 aromatic rings. The van der Waals surface area contributed by atoms with Gasteiger partial charge in [0.15, 0.2) is 5.76 Å². The van der Waals surface area contributed by atoms with E-state index in [1.165, 1.54) is 30.5 Å². The van der Waals surface area contributed by atoms with E-state index in [1.807, 2.05) is 24.3 Å². The van der Waals surface area contributed by atoms with Gasteiger partial charge in [-0.1, -0.05) is 12.7 Å². The first kappa shape index (κ1) is 26.0. The van der Waals surface area contributed by atoms with Crippen LogP contribution in [0.3, 0.4) is 0 Å². The number of rotatable bonds is 11. The molecule has 10 heteroatoms. The number of hydrogen-bond donors (Lipinski definition) is 1. The molecule has 194 valence electrons. The fourth-order valence-electron chi connectivity index (χ4n) is 3.75. The fraction of sp³-hybridized carbons (Fsp3) is 0.143. The Morgan fingerprint density at radius 3 is 2.50 bits per heavy atom. The fourth-order valence-corrected chi connectivity index (χ4v) is 3.75. The zero-order valence-electron chi connectivity index (χ0n) is 20.9. The van der Waals surface area contributed by atoms with E-state index < -0.39 is 10.8 Å². The molecule has 2 aromatic heterocycles. The van der Waals surface area contributed by atoms with Gasteiger partial charge in [-0.2, -0.15) is 5.10 Å². The first-order chi connectivity index (χ1) is 18.4. The number of nitrogens with zero attached hydrogens (tertiary/aromatic N) is 3. The summed E-state index contributed by atoms with van der Waals surface area (Å²) in [7, 11) is 0. The first-order valence-electron chi connectivity index (χ1n) is 11.7. The number of nitro benzene ring substituents is 1. The second-order valence-electron chi connectivity index (χ2n) is 8.28. The Hall–Kier alpha value is -5.12. The summed E-state index contributed by atoms with van der Waals surface area (Å²) in [5.74, 6) is 0.927. The van der Waals surface area contributed by atoms with Crippen LogP contribution in [0.15, 0.2) is 88.9 Å². The smallest absolute Gasteiger partial charge is 0.307 e. The van der Waals surface area contributed by atoms with Gasteiger partial charge in [-0.15, -0.1) is 0 Å². The molecular weight excluding hydrogens is 488 g/mol. The number of non-ortho nitro benzene ring substituents is 1. The van der Waals surface area contributed by atoms with E-state index >= 15 is 0 Å². The maximum Gasteiger partial charge on any atom is 0.307 e. The molecule has 0 aliphatic heterocycles. The van der Waals surface area contributed by atoms with E-state index in [0.717, 1.165) is 17.1 Å². The zero-order valence-corrected chi connectivity index (χ0v) is 20.9. The highest BCUT2D eigenvalue weighted by Gasteiger charge is 2.13. The van der Waals surface area contributed by atoms with Crippen molar-refractivity contribution in [2.24, 2.45) is 5.10 Å². The summed E-state index contributed by atoms with van der Waals surface area (Å²) in [6.45, 7) is 8.02. The Balaban J connectivity index is 1.35. The van der Waals surface area contributed by atoms with E-state index in [4.69, 9.17) is 13.9 Å². The Morgan fingerprint density at radius 2 is 1.82 bits per heavy atom.